The summed E-state index contributed by atoms with van der Waals surface area (Å²) in [6.07, 6.45) is 2.89. The second-order valence-corrected chi connectivity index (χ2v) is 10.5. The molecule has 0 aliphatic carbocycles. The first-order chi connectivity index (χ1) is 22.4. The first-order valence-electron chi connectivity index (χ1n) is 14.5. The molecule has 1 heterocycles. The Morgan fingerprint density at radius 3 is 1.67 bits per heavy atom. The molecule has 1 aliphatic heterocycles. The van der Waals surface area contributed by atoms with Crippen LogP contribution in [0.4, 0.5) is 11.4 Å². The van der Waals surface area contributed by atoms with E-state index in [2.05, 4.69) is 0 Å². The Morgan fingerprint density at radius 2 is 1.19 bits per heavy atom. The summed E-state index contributed by atoms with van der Waals surface area (Å²) in [7, 11) is 0. The fraction of sp³-hybridized carbons (Fsp3) is 0.367. The van der Waals surface area contributed by atoms with Gasteiger partial charge in [-0.3, -0.25) is 39.1 Å². The van der Waals surface area contributed by atoms with Gasteiger partial charge >= 0.3 is 23.9 Å². The van der Waals surface area contributed by atoms with Gasteiger partial charge in [-0.15, -0.1) is 0 Å². The number of aliphatic carboxylic acids is 3. The topological polar surface area (TPSA) is 215 Å². The van der Waals surface area contributed by atoms with Gasteiger partial charge < -0.3 is 34.8 Å². The number of hydrogen-bond donors (Lipinski definition) is 3. The third-order valence-electron chi connectivity index (χ3n) is 6.96. The number of non-ortho nitro benzene ring substituents is 1. The second kappa shape index (κ2) is 20.2. The van der Waals surface area contributed by atoms with E-state index in [1.54, 1.807) is 40.1 Å². The number of carbonyl (C=O) groups is 5. The van der Waals surface area contributed by atoms with Gasteiger partial charge in [-0.25, -0.2) is 4.79 Å². The normalized spacial score (nSPS) is 15.2. The molecule has 0 aromatic heterocycles. The van der Waals surface area contributed by atoms with Crippen LogP contribution in [-0.4, -0.2) is 142 Å². The van der Waals surface area contributed by atoms with E-state index in [4.69, 9.17) is 4.74 Å². The molecular weight excluding hydrogens is 778 g/mol. The predicted octanol–water partition coefficient (Wildman–Crippen LogP) is 0.480. The Hall–Kier alpha value is -4.23. The van der Waals surface area contributed by atoms with Crippen molar-refractivity contribution >= 4 is 41.2 Å². The van der Waals surface area contributed by atoms with Crippen molar-refractivity contribution in [2.75, 3.05) is 76.9 Å². The van der Waals surface area contributed by atoms with Crippen LogP contribution < -0.4 is 9.64 Å². The van der Waals surface area contributed by atoms with Gasteiger partial charge in [-0.2, -0.15) is 0 Å². The maximum absolute atomic E-state index is 13.8. The summed E-state index contributed by atoms with van der Waals surface area (Å²) in [5.74, 6) is -4.57. The molecule has 0 unspecified atom stereocenters. The fourth-order valence-corrected chi connectivity index (χ4v) is 4.64. The van der Waals surface area contributed by atoms with Crippen molar-refractivity contribution in [3.05, 3.63) is 77.1 Å². The number of carboxylic acids is 3. The van der Waals surface area contributed by atoms with Crippen molar-refractivity contribution in [3.63, 3.8) is 0 Å². The van der Waals surface area contributed by atoms with Gasteiger partial charge in [0.1, 0.15) is 25.4 Å². The second-order valence-electron chi connectivity index (χ2n) is 10.5. The van der Waals surface area contributed by atoms with Crippen LogP contribution in [0.5, 0.6) is 5.75 Å². The smallest absolute Gasteiger partial charge is 0.331 e. The Labute approximate surface area is 307 Å². The van der Waals surface area contributed by atoms with Gasteiger partial charge in [0.25, 0.3) is 5.69 Å². The van der Waals surface area contributed by atoms with Crippen molar-refractivity contribution in [3.8, 4) is 5.75 Å². The average Bonchev–Trinajstić information content (AvgIpc) is 3.01. The predicted molar refractivity (Wildman–Crippen MR) is 166 cm³/mol. The summed E-state index contributed by atoms with van der Waals surface area (Å²) in [6, 6.07) is 13.2. The zero-order valence-electron chi connectivity index (χ0n) is 25.8. The van der Waals surface area contributed by atoms with E-state index in [1.165, 1.54) is 51.4 Å². The van der Waals surface area contributed by atoms with Crippen LogP contribution in [0.2, 0.25) is 0 Å². The third kappa shape index (κ3) is 14.3. The molecule has 48 heavy (non-hydrogen) atoms. The zero-order valence-corrected chi connectivity index (χ0v) is 28.0. The molecule has 17 nitrogen and oxygen atoms in total. The van der Waals surface area contributed by atoms with E-state index in [0.717, 1.165) is 0 Å². The third-order valence-corrected chi connectivity index (χ3v) is 6.96. The molecule has 3 rings (SSSR count). The summed E-state index contributed by atoms with van der Waals surface area (Å²) in [6.45, 7) is -0.817. The molecule has 18 heteroatoms. The molecule has 2 aromatic rings. The van der Waals surface area contributed by atoms with Gasteiger partial charge in [0.2, 0.25) is 5.91 Å². The first kappa shape index (κ1) is 40.0. The standard InChI is InChI=1S/C30H36N6O11.Gd/c37-26(35(23-4-2-1-3-5-23)22-30(44)47-25-8-6-24(7-9-25)36(45)46)18-31-10-12-32(19-27(38)39)14-16-34(21-29(42)43)17-15-33(13-11-31)20-28(40)41;/h1-9,14,16H,10-13,15,17-22H2,(H,38,39)(H,40,41)(H,42,43);/b16-14-;. The first-order valence-corrected chi connectivity index (χ1v) is 14.5. The number of esters is 1. The minimum Gasteiger partial charge on any atom is -0.480 e. The number of amides is 1. The quantitative estimate of drug-likeness (QED) is 0.109. The zero-order chi connectivity index (χ0) is 34.3. The van der Waals surface area contributed by atoms with Crippen LogP contribution in [0.15, 0.2) is 67.0 Å². The summed E-state index contributed by atoms with van der Waals surface area (Å²) in [5.41, 5.74) is 0.211. The molecule has 1 amide bonds. The monoisotopic (exact) mass is 814 g/mol. The maximum atomic E-state index is 13.8. The van der Waals surface area contributed by atoms with Gasteiger partial charge in [-0.1, -0.05) is 18.2 Å². The molecule has 3 N–H and O–H groups in total. The van der Waals surface area contributed by atoms with Crippen LogP contribution in [0.1, 0.15) is 0 Å². The maximum Gasteiger partial charge on any atom is 0.331 e. The number of carbonyl (C=O) groups excluding carboxylic acids is 2. The van der Waals surface area contributed by atoms with Crippen molar-refractivity contribution in [1.29, 1.82) is 0 Å². The SMILES string of the molecule is O=C(O)CN1/C=C\N(CC(=O)O)CCN(CC(=O)N(CC(=O)Oc2ccc([N+](=O)[O-])cc2)c2ccccc2)CCN(CC(=O)O)CC1.[Gd]. The number of rotatable bonds is 13. The average molecular weight is 814 g/mol. The molecule has 2 aromatic carbocycles. The number of carboxylic acid groups (broad SMARTS) is 3. The Morgan fingerprint density at radius 1 is 0.708 bits per heavy atom. The van der Waals surface area contributed by atoms with Crippen LogP contribution in [-0.2, 0) is 24.0 Å². The van der Waals surface area contributed by atoms with Gasteiger partial charge in [-0.05, 0) is 24.3 Å². The van der Waals surface area contributed by atoms with E-state index in [-0.39, 0.29) is 110 Å². The van der Waals surface area contributed by atoms with Crippen molar-refractivity contribution in [1.82, 2.24) is 19.6 Å². The van der Waals surface area contributed by atoms with E-state index < -0.39 is 47.8 Å². The molecule has 0 bridgehead atoms. The van der Waals surface area contributed by atoms with Gasteiger partial charge in [0, 0.05) is 109 Å². The van der Waals surface area contributed by atoms with Crippen LogP contribution in [0.3, 0.4) is 0 Å². The number of hydrogen-bond acceptors (Lipinski definition) is 12. The summed E-state index contributed by atoms with van der Waals surface area (Å²) >= 11 is 0. The molecule has 0 saturated carbocycles. The number of ether oxygens (including phenoxy) is 1. The largest absolute Gasteiger partial charge is 0.480 e. The molecule has 0 saturated heterocycles. The number of nitro benzene ring substituents is 1. The molecule has 0 fully saturated rings. The summed E-state index contributed by atoms with van der Waals surface area (Å²) < 4.78 is 5.33. The van der Waals surface area contributed by atoms with E-state index in [9.17, 15) is 49.4 Å². The summed E-state index contributed by atoms with van der Waals surface area (Å²) in [5, 5.41) is 39.1. The minimum atomic E-state index is -1.12. The Balaban J connectivity index is 0.00000800. The van der Waals surface area contributed by atoms with Gasteiger partial charge in [0.15, 0.2) is 0 Å². The fourth-order valence-electron chi connectivity index (χ4n) is 4.64. The van der Waals surface area contributed by atoms with Gasteiger partial charge in [0.05, 0.1) is 18.0 Å². The summed E-state index contributed by atoms with van der Waals surface area (Å²) in [4.78, 5) is 78.9. The molecule has 0 atom stereocenters. The molecule has 0 radical (unpaired) electrons. The number of benzene rings is 2. The minimum absolute atomic E-state index is 0. The van der Waals surface area contributed by atoms with Crippen LogP contribution >= 0.6 is 0 Å². The number of nitro groups is 1. The van der Waals surface area contributed by atoms with E-state index in [1.807, 2.05) is 0 Å². The van der Waals surface area contributed by atoms with Crippen LogP contribution in [0, 0.1) is 50.1 Å². The Bertz CT molecular complexity index is 1440. The van der Waals surface area contributed by atoms with Crippen LogP contribution in [0.25, 0.3) is 0 Å². The van der Waals surface area contributed by atoms with E-state index in [0.29, 0.717) is 5.69 Å². The molecule has 1 aliphatic rings. The Kier molecular flexibility index (Phi) is 16.8. The van der Waals surface area contributed by atoms with E-state index >= 15 is 0 Å². The number of nitrogens with zero attached hydrogens (tertiary/aromatic N) is 6. The molecule has 0 spiro atoms. The van der Waals surface area contributed by atoms with Crippen molar-refractivity contribution < 1.29 is 88.9 Å². The molecular formula is C30H36GdN6O11. The molecule has 260 valence electrons. The van der Waals surface area contributed by atoms with Crippen molar-refractivity contribution in [2.24, 2.45) is 0 Å². The number of anilines is 1. The van der Waals surface area contributed by atoms with Crippen molar-refractivity contribution in [2.45, 2.75) is 0 Å². The number of para-hydroxylation sites is 1.